The highest BCUT2D eigenvalue weighted by atomic mass is 35.5. The van der Waals surface area contributed by atoms with Gasteiger partial charge < -0.3 is 9.15 Å². The number of hydrogen-bond donors (Lipinski definition) is 0. The zero-order chi connectivity index (χ0) is 23.7. The number of carbonyl (C=O) groups is 2. The number of nitrogens with zero attached hydrogens (tertiary/aromatic N) is 2. The molecule has 4 rings (SSSR count). The molecule has 2 aromatic carbocycles. The van der Waals surface area contributed by atoms with Gasteiger partial charge in [0.25, 0.3) is 16.8 Å². The molecular weight excluding hydrogens is 475 g/mol. The van der Waals surface area contributed by atoms with Crippen molar-refractivity contribution in [3.8, 4) is 17.1 Å². The van der Waals surface area contributed by atoms with Crippen LogP contribution in [0.2, 0.25) is 5.02 Å². The number of imide groups is 1. The lowest BCUT2D eigenvalue weighted by atomic mass is 10.1. The van der Waals surface area contributed by atoms with E-state index in [2.05, 4.69) is 0 Å². The topological polar surface area (TPSA) is 103 Å². The summed E-state index contributed by atoms with van der Waals surface area (Å²) < 4.78 is 24.0. The van der Waals surface area contributed by atoms with Gasteiger partial charge in [-0.1, -0.05) is 17.7 Å². The lowest BCUT2D eigenvalue weighted by Gasteiger charge is -2.13. The van der Waals surface area contributed by atoms with E-state index in [0.717, 1.165) is 22.7 Å². The normalized spacial score (nSPS) is 14.9. The Bertz CT molecular complexity index is 1320. The second-order valence-corrected chi connectivity index (χ2v) is 8.25. The van der Waals surface area contributed by atoms with Crippen LogP contribution >= 0.6 is 23.4 Å². The Morgan fingerprint density at radius 2 is 2.00 bits per heavy atom. The molecule has 0 atom stereocenters. The number of furan rings is 1. The summed E-state index contributed by atoms with van der Waals surface area (Å²) in [6, 6.07) is 11.1. The van der Waals surface area contributed by atoms with E-state index < -0.39 is 21.9 Å². The SMILES string of the molecule is COc1ccc(-c2ccc(/C=C3/SC(=O)N(Cc4ccc(F)cc4Cl)C3=O)o2)c([N+](=O)[O-])c1. The number of carbonyl (C=O) groups excluding carboxylic acids is 2. The minimum absolute atomic E-state index is 0.106. The van der Waals surface area contributed by atoms with Gasteiger partial charge in [0.2, 0.25) is 0 Å². The van der Waals surface area contributed by atoms with Crippen molar-refractivity contribution >= 4 is 46.3 Å². The number of benzene rings is 2. The molecule has 1 aromatic heterocycles. The first kappa shape index (κ1) is 22.6. The van der Waals surface area contributed by atoms with Crippen LogP contribution in [0.25, 0.3) is 17.4 Å². The Morgan fingerprint density at radius 3 is 2.70 bits per heavy atom. The molecule has 0 saturated carbocycles. The molecule has 2 amide bonds. The van der Waals surface area contributed by atoms with Crippen molar-refractivity contribution in [3.05, 3.63) is 85.7 Å². The van der Waals surface area contributed by atoms with Crippen molar-refractivity contribution in [1.29, 1.82) is 0 Å². The maximum absolute atomic E-state index is 13.3. The predicted octanol–water partition coefficient (Wildman–Crippen LogP) is 5.89. The van der Waals surface area contributed by atoms with Gasteiger partial charge in [-0.2, -0.15) is 0 Å². The van der Waals surface area contributed by atoms with Gasteiger partial charge in [0.05, 0.1) is 35.1 Å². The highest BCUT2D eigenvalue weighted by molar-refractivity contribution is 8.18. The van der Waals surface area contributed by atoms with E-state index in [4.69, 9.17) is 20.8 Å². The molecule has 0 spiro atoms. The fraction of sp³-hybridized carbons (Fsp3) is 0.0909. The molecule has 33 heavy (non-hydrogen) atoms. The monoisotopic (exact) mass is 488 g/mol. The van der Waals surface area contributed by atoms with Crippen molar-refractivity contribution < 1.29 is 28.1 Å². The molecule has 1 saturated heterocycles. The highest BCUT2D eigenvalue weighted by Crippen LogP contribution is 2.37. The Morgan fingerprint density at radius 1 is 1.21 bits per heavy atom. The molecule has 1 aliphatic rings. The summed E-state index contributed by atoms with van der Waals surface area (Å²) in [5, 5.41) is 11.0. The zero-order valence-electron chi connectivity index (χ0n) is 16.9. The smallest absolute Gasteiger partial charge is 0.293 e. The molecule has 3 aromatic rings. The van der Waals surface area contributed by atoms with Gasteiger partial charge in [-0.05, 0) is 53.7 Å². The third-order valence-corrected chi connectivity index (χ3v) is 6.04. The standard InChI is InChI=1S/C22H14ClFN2O6S/c1-31-14-4-6-16(18(9-14)26(29)30)19-7-5-15(32-19)10-20-21(27)25(22(28)33-20)11-12-2-3-13(24)8-17(12)23/h2-10H,11H2,1H3/b20-10+. The van der Waals surface area contributed by atoms with E-state index in [0.29, 0.717) is 11.3 Å². The molecule has 0 bridgehead atoms. The van der Waals surface area contributed by atoms with E-state index >= 15 is 0 Å². The van der Waals surface area contributed by atoms with Crippen molar-refractivity contribution in [2.75, 3.05) is 7.11 Å². The molecule has 1 fully saturated rings. The molecule has 0 aliphatic carbocycles. The fourth-order valence-electron chi connectivity index (χ4n) is 3.16. The van der Waals surface area contributed by atoms with Crippen molar-refractivity contribution in [2.24, 2.45) is 0 Å². The first-order chi connectivity index (χ1) is 15.8. The predicted molar refractivity (Wildman–Crippen MR) is 120 cm³/mol. The molecule has 0 N–H and O–H groups in total. The van der Waals surface area contributed by atoms with Crippen LogP contribution < -0.4 is 4.74 Å². The van der Waals surface area contributed by atoms with E-state index in [1.54, 1.807) is 6.07 Å². The second-order valence-electron chi connectivity index (χ2n) is 6.85. The third kappa shape index (κ3) is 4.62. The van der Waals surface area contributed by atoms with Crippen LogP contribution in [0.4, 0.5) is 14.9 Å². The van der Waals surface area contributed by atoms with Crippen LogP contribution in [-0.2, 0) is 11.3 Å². The van der Waals surface area contributed by atoms with Crippen LogP contribution in [-0.4, -0.2) is 28.1 Å². The molecule has 1 aliphatic heterocycles. The summed E-state index contributed by atoms with van der Waals surface area (Å²) in [7, 11) is 1.40. The zero-order valence-corrected chi connectivity index (χ0v) is 18.5. The van der Waals surface area contributed by atoms with E-state index in [1.807, 2.05) is 0 Å². The Labute approximate surface area is 195 Å². The van der Waals surface area contributed by atoms with Crippen molar-refractivity contribution in [1.82, 2.24) is 4.90 Å². The van der Waals surface area contributed by atoms with Gasteiger partial charge in [-0.25, -0.2) is 4.39 Å². The average Bonchev–Trinajstić information content (AvgIpc) is 3.35. The van der Waals surface area contributed by atoms with Crippen LogP contribution in [0.1, 0.15) is 11.3 Å². The van der Waals surface area contributed by atoms with Gasteiger partial charge in [-0.3, -0.25) is 24.6 Å². The molecule has 0 unspecified atom stereocenters. The molecule has 168 valence electrons. The van der Waals surface area contributed by atoms with E-state index in [9.17, 15) is 24.1 Å². The average molecular weight is 489 g/mol. The van der Waals surface area contributed by atoms with Crippen molar-refractivity contribution in [3.63, 3.8) is 0 Å². The molecule has 2 heterocycles. The van der Waals surface area contributed by atoms with Gasteiger partial charge in [0.15, 0.2) is 0 Å². The lowest BCUT2D eigenvalue weighted by molar-refractivity contribution is -0.384. The third-order valence-electron chi connectivity index (χ3n) is 4.78. The van der Waals surface area contributed by atoms with Gasteiger partial charge in [-0.15, -0.1) is 0 Å². The number of amides is 2. The maximum Gasteiger partial charge on any atom is 0.293 e. The van der Waals surface area contributed by atoms with Crippen molar-refractivity contribution in [2.45, 2.75) is 6.54 Å². The Hall–Kier alpha value is -3.63. The van der Waals surface area contributed by atoms with E-state index in [1.165, 1.54) is 49.6 Å². The largest absolute Gasteiger partial charge is 0.497 e. The molecule has 8 nitrogen and oxygen atoms in total. The lowest BCUT2D eigenvalue weighted by Crippen LogP contribution is -2.27. The summed E-state index contributed by atoms with van der Waals surface area (Å²) in [5.74, 6) is -0.303. The highest BCUT2D eigenvalue weighted by Gasteiger charge is 2.35. The first-order valence-electron chi connectivity index (χ1n) is 9.38. The number of halogens is 2. The Kier molecular flexibility index (Phi) is 6.21. The first-order valence-corrected chi connectivity index (χ1v) is 10.6. The van der Waals surface area contributed by atoms with Crippen LogP contribution in [0.5, 0.6) is 5.75 Å². The van der Waals surface area contributed by atoms with E-state index in [-0.39, 0.29) is 39.2 Å². The van der Waals surface area contributed by atoms with Crippen LogP contribution in [0.15, 0.2) is 57.9 Å². The van der Waals surface area contributed by atoms with Gasteiger partial charge in [0.1, 0.15) is 23.1 Å². The molecule has 11 heteroatoms. The Balaban J connectivity index is 1.58. The fourth-order valence-corrected chi connectivity index (χ4v) is 4.20. The van der Waals surface area contributed by atoms with Gasteiger partial charge in [0, 0.05) is 11.1 Å². The minimum atomic E-state index is -0.557. The number of ether oxygens (including phenoxy) is 1. The second kappa shape index (κ2) is 9.08. The summed E-state index contributed by atoms with van der Waals surface area (Å²) in [6.07, 6.45) is 1.38. The number of hydrogen-bond acceptors (Lipinski definition) is 7. The quantitative estimate of drug-likeness (QED) is 0.242. The number of thioether (sulfide) groups is 1. The molecular formula is C22H14ClFN2O6S. The van der Waals surface area contributed by atoms with Crippen LogP contribution in [0.3, 0.4) is 0 Å². The van der Waals surface area contributed by atoms with Gasteiger partial charge >= 0.3 is 0 Å². The maximum atomic E-state index is 13.3. The number of nitro benzene ring substituents is 1. The number of methoxy groups -OCH3 is 1. The number of rotatable bonds is 6. The number of nitro groups is 1. The summed E-state index contributed by atoms with van der Waals surface area (Å²) in [4.78, 5) is 37.1. The summed E-state index contributed by atoms with van der Waals surface area (Å²) in [5.41, 5.74) is 0.458. The minimum Gasteiger partial charge on any atom is -0.497 e. The van der Waals surface area contributed by atoms with Crippen LogP contribution in [0, 0.1) is 15.9 Å². The summed E-state index contributed by atoms with van der Waals surface area (Å²) in [6.45, 7) is -0.109. The molecule has 0 radical (unpaired) electrons. The summed E-state index contributed by atoms with van der Waals surface area (Å²) >= 11 is 6.72.